The third-order valence-electron chi connectivity index (χ3n) is 4.96. The van der Waals surface area contributed by atoms with E-state index in [9.17, 15) is 53.4 Å². The molecule has 16 heteroatoms. The quantitative estimate of drug-likeness (QED) is 0.363. The van der Waals surface area contributed by atoms with Crippen LogP contribution in [0.2, 0.25) is 0 Å². The number of aromatic carboxylic acids is 1. The summed E-state index contributed by atoms with van der Waals surface area (Å²) in [5.41, 5.74) is -2.29. The molecule has 0 heterocycles. The number of carboxylic acid groups (broad SMARTS) is 1. The largest absolute Gasteiger partial charge is 0.478 e. The van der Waals surface area contributed by atoms with Crippen molar-refractivity contribution in [2.45, 2.75) is 42.4 Å². The smallest absolute Gasteiger partial charge is 0.335 e. The van der Waals surface area contributed by atoms with Gasteiger partial charge in [-0.25, -0.2) is 35.9 Å². The normalized spacial score (nSPS) is 13.4. The Labute approximate surface area is 205 Å². The number of nitrogens with zero attached hydrogens (tertiary/aromatic N) is 1. The molecule has 2 aromatic carbocycles. The molecular formula is C21H20F8N2O5S. The minimum absolute atomic E-state index is 0.253. The topological polar surface area (TPSA) is 110 Å². The van der Waals surface area contributed by atoms with Crippen LogP contribution in [-0.4, -0.2) is 56.3 Å². The van der Waals surface area contributed by atoms with Crippen LogP contribution in [0.4, 0.5) is 40.8 Å². The predicted octanol–water partition coefficient (Wildman–Crippen LogP) is 5.21. The highest BCUT2D eigenvalue weighted by molar-refractivity contribution is 7.89. The molecule has 0 aliphatic heterocycles. The van der Waals surface area contributed by atoms with Gasteiger partial charge in [0.25, 0.3) is 0 Å². The van der Waals surface area contributed by atoms with E-state index in [0.29, 0.717) is 12.1 Å². The summed E-state index contributed by atoms with van der Waals surface area (Å²) in [6.07, 6.45) is 0. The lowest BCUT2D eigenvalue weighted by Crippen LogP contribution is -2.54. The molecule has 0 spiro atoms. The van der Waals surface area contributed by atoms with Gasteiger partial charge in [0.2, 0.25) is 10.0 Å². The first-order chi connectivity index (χ1) is 16.6. The number of primary sulfonamides is 1. The summed E-state index contributed by atoms with van der Waals surface area (Å²) in [4.78, 5) is 9.96. The number of rotatable bonds is 11. The Morgan fingerprint density at radius 3 is 1.76 bits per heavy atom. The number of hydrogen-bond donors (Lipinski definition) is 2. The Balaban J connectivity index is 2.94. The molecule has 0 aliphatic rings. The Hall–Kier alpha value is -3.14. The highest BCUT2D eigenvalue weighted by Crippen LogP contribution is 2.44. The Kier molecular flexibility index (Phi) is 8.10. The van der Waals surface area contributed by atoms with E-state index in [2.05, 4.69) is 0 Å². The first-order valence-electron chi connectivity index (χ1n) is 10.00. The minimum atomic E-state index is -5.16. The molecule has 0 aromatic heterocycles. The van der Waals surface area contributed by atoms with Gasteiger partial charge in [-0.1, -0.05) is 18.2 Å². The molecular weight excluding hydrogens is 544 g/mol. The number of ether oxygens (including phenoxy) is 1. The summed E-state index contributed by atoms with van der Waals surface area (Å²) in [5.74, 6) is -23.4. The van der Waals surface area contributed by atoms with Crippen LogP contribution >= 0.6 is 0 Å². The van der Waals surface area contributed by atoms with Crippen molar-refractivity contribution in [3.63, 3.8) is 0 Å². The number of hydrogen-bond acceptors (Lipinski definition) is 5. The van der Waals surface area contributed by atoms with E-state index < -0.39 is 79.6 Å². The van der Waals surface area contributed by atoms with Gasteiger partial charge in [-0.05, 0) is 24.3 Å². The first kappa shape index (κ1) is 30.1. The van der Waals surface area contributed by atoms with Crippen LogP contribution in [-0.2, 0) is 10.0 Å². The second kappa shape index (κ2) is 9.96. The van der Waals surface area contributed by atoms with E-state index in [4.69, 9.17) is 9.88 Å². The van der Waals surface area contributed by atoms with Gasteiger partial charge in [0.1, 0.15) is 10.6 Å². The zero-order valence-electron chi connectivity index (χ0n) is 19.0. The first-order valence-corrected chi connectivity index (χ1v) is 11.5. The summed E-state index contributed by atoms with van der Waals surface area (Å²) >= 11 is 0. The average molecular weight is 564 g/mol. The maximum atomic E-state index is 14.4. The number of alkyl halides is 8. The second-order valence-corrected chi connectivity index (χ2v) is 9.66. The lowest BCUT2D eigenvalue weighted by atomic mass is 10.1. The number of carboxylic acids is 1. The zero-order chi connectivity index (χ0) is 28.6. The predicted molar refractivity (Wildman–Crippen MR) is 115 cm³/mol. The number of carbonyl (C=O) groups is 1. The number of sulfonamides is 1. The Morgan fingerprint density at radius 2 is 1.38 bits per heavy atom. The standard InChI is InChI=1S/C21H20F8N2O5S/c1-18(22,23)20(26,27)10-31(11-21(28,29)19(2,24)25)14-8-12(17(32)33)9-15(37(30,34)35)16(14)36-13-6-4-3-5-7-13/h3-9H,10-11H2,1-2H3,(H,32,33)(H2,30,34,35). The molecule has 0 bridgehead atoms. The van der Waals surface area contributed by atoms with Crippen molar-refractivity contribution in [2.24, 2.45) is 5.14 Å². The molecule has 7 nitrogen and oxygen atoms in total. The second-order valence-electron chi connectivity index (χ2n) is 8.13. The molecule has 0 fully saturated rings. The van der Waals surface area contributed by atoms with Gasteiger partial charge >= 0.3 is 29.7 Å². The average Bonchev–Trinajstić information content (AvgIpc) is 2.71. The van der Waals surface area contributed by atoms with Gasteiger partial charge in [-0.3, -0.25) is 0 Å². The maximum Gasteiger partial charge on any atom is 0.335 e. The van der Waals surface area contributed by atoms with Crippen molar-refractivity contribution < 1.29 is 58.2 Å². The molecule has 0 radical (unpaired) electrons. The zero-order valence-corrected chi connectivity index (χ0v) is 19.8. The van der Waals surface area contributed by atoms with E-state index in [1.54, 1.807) is 0 Å². The molecule has 0 unspecified atom stereocenters. The molecule has 0 aliphatic carbocycles. The fourth-order valence-corrected chi connectivity index (χ4v) is 3.55. The number of halogens is 8. The van der Waals surface area contributed by atoms with Gasteiger partial charge in [0.05, 0.1) is 24.3 Å². The van der Waals surface area contributed by atoms with Crippen LogP contribution in [0.3, 0.4) is 0 Å². The third kappa shape index (κ3) is 7.00. The minimum Gasteiger partial charge on any atom is -0.478 e. The Morgan fingerprint density at radius 1 is 0.919 bits per heavy atom. The van der Waals surface area contributed by atoms with Crippen LogP contribution in [0.25, 0.3) is 0 Å². The number of para-hydroxylation sites is 1. The summed E-state index contributed by atoms with van der Waals surface area (Å²) < 4.78 is 142. The van der Waals surface area contributed by atoms with Crippen molar-refractivity contribution >= 4 is 21.7 Å². The molecule has 37 heavy (non-hydrogen) atoms. The molecule has 2 rings (SSSR count). The monoisotopic (exact) mass is 564 g/mol. The van der Waals surface area contributed by atoms with E-state index in [0.717, 1.165) is 0 Å². The Bertz CT molecular complexity index is 1220. The highest BCUT2D eigenvalue weighted by atomic mass is 32.2. The SMILES string of the molecule is CC(F)(F)C(F)(F)CN(CC(F)(F)C(C)(F)F)c1cc(C(=O)O)cc(S(N)(=O)=O)c1Oc1ccccc1. The third-order valence-corrected chi connectivity index (χ3v) is 5.87. The van der Waals surface area contributed by atoms with Crippen molar-refractivity contribution in [3.8, 4) is 11.5 Å². The highest BCUT2D eigenvalue weighted by Gasteiger charge is 2.57. The van der Waals surface area contributed by atoms with Gasteiger partial charge in [-0.15, -0.1) is 0 Å². The number of benzene rings is 2. The van der Waals surface area contributed by atoms with E-state index in [1.165, 1.54) is 30.3 Å². The summed E-state index contributed by atoms with van der Waals surface area (Å²) in [5, 5.41) is 14.4. The lowest BCUT2D eigenvalue weighted by molar-refractivity contribution is -0.202. The molecule has 0 saturated heterocycles. The molecule has 2 aromatic rings. The van der Waals surface area contributed by atoms with E-state index in [1.807, 2.05) is 0 Å². The summed E-state index contributed by atoms with van der Waals surface area (Å²) in [6.45, 7) is -5.27. The summed E-state index contributed by atoms with van der Waals surface area (Å²) in [6, 6.07) is 7.23. The van der Waals surface area contributed by atoms with Crippen LogP contribution in [0.1, 0.15) is 24.2 Å². The molecule has 0 atom stereocenters. The fourth-order valence-electron chi connectivity index (χ4n) is 2.85. The number of nitrogens with two attached hydrogens (primary N) is 1. The van der Waals surface area contributed by atoms with Crippen LogP contribution in [0.5, 0.6) is 11.5 Å². The van der Waals surface area contributed by atoms with Gasteiger partial charge in [0.15, 0.2) is 5.75 Å². The van der Waals surface area contributed by atoms with Crippen molar-refractivity contribution in [2.75, 3.05) is 18.0 Å². The van der Waals surface area contributed by atoms with E-state index in [-0.39, 0.29) is 19.6 Å². The van der Waals surface area contributed by atoms with Gasteiger partial charge in [0, 0.05) is 13.8 Å². The van der Waals surface area contributed by atoms with Gasteiger partial charge < -0.3 is 14.7 Å². The van der Waals surface area contributed by atoms with Crippen LogP contribution in [0, 0.1) is 0 Å². The van der Waals surface area contributed by atoms with E-state index >= 15 is 0 Å². The summed E-state index contributed by atoms with van der Waals surface area (Å²) in [7, 11) is -5.00. The molecule has 206 valence electrons. The maximum absolute atomic E-state index is 14.4. The van der Waals surface area contributed by atoms with Gasteiger partial charge in [-0.2, -0.15) is 17.6 Å². The van der Waals surface area contributed by atoms with Crippen LogP contribution in [0.15, 0.2) is 47.4 Å². The van der Waals surface area contributed by atoms with Crippen molar-refractivity contribution in [3.05, 3.63) is 48.0 Å². The van der Waals surface area contributed by atoms with Crippen molar-refractivity contribution in [1.82, 2.24) is 0 Å². The fraction of sp³-hybridized carbons (Fsp3) is 0.381. The van der Waals surface area contributed by atoms with Crippen LogP contribution < -0.4 is 14.8 Å². The van der Waals surface area contributed by atoms with Crippen molar-refractivity contribution in [1.29, 1.82) is 0 Å². The molecule has 3 N–H and O–H groups in total. The number of anilines is 1. The molecule has 0 amide bonds. The lowest BCUT2D eigenvalue weighted by Gasteiger charge is -2.36. The molecule has 0 saturated carbocycles.